The van der Waals surface area contributed by atoms with E-state index >= 15 is 0 Å². The first-order valence-corrected chi connectivity index (χ1v) is 8.80. The molecule has 122 valence electrons. The van der Waals surface area contributed by atoms with Crippen LogP contribution >= 0.6 is 0 Å². The highest BCUT2D eigenvalue weighted by Gasteiger charge is 2.58. The summed E-state index contributed by atoms with van der Waals surface area (Å²) < 4.78 is 5.84. The van der Waals surface area contributed by atoms with Crippen molar-refractivity contribution in [1.82, 2.24) is 9.80 Å². The van der Waals surface area contributed by atoms with Crippen LogP contribution in [-0.2, 0) is 4.74 Å². The van der Waals surface area contributed by atoms with Crippen molar-refractivity contribution in [3.63, 3.8) is 0 Å². The molecule has 0 aromatic heterocycles. The lowest BCUT2D eigenvalue weighted by Crippen LogP contribution is -2.74. The van der Waals surface area contributed by atoms with Gasteiger partial charge in [-0.25, -0.2) is 0 Å². The molecule has 0 aromatic carbocycles. The van der Waals surface area contributed by atoms with E-state index in [-0.39, 0.29) is 11.0 Å². The van der Waals surface area contributed by atoms with Gasteiger partial charge in [0.25, 0.3) is 0 Å². The molecule has 3 rings (SSSR count). The molecule has 21 heavy (non-hydrogen) atoms. The van der Waals surface area contributed by atoms with Gasteiger partial charge in [-0.2, -0.15) is 0 Å². The molecule has 1 aliphatic heterocycles. The van der Waals surface area contributed by atoms with Crippen LogP contribution in [0, 0.1) is 11.3 Å². The van der Waals surface area contributed by atoms with E-state index in [9.17, 15) is 0 Å². The Bertz CT molecular complexity index is 361. The Morgan fingerprint density at radius 2 is 1.71 bits per heavy atom. The van der Waals surface area contributed by atoms with Gasteiger partial charge in [-0.15, -0.1) is 0 Å². The second kappa shape index (κ2) is 5.80. The van der Waals surface area contributed by atoms with E-state index in [1.165, 1.54) is 45.6 Å². The predicted molar refractivity (Wildman–Crippen MR) is 86.3 cm³/mol. The van der Waals surface area contributed by atoms with E-state index < -0.39 is 0 Å². The van der Waals surface area contributed by atoms with Crippen molar-refractivity contribution >= 4 is 0 Å². The Balaban J connectivity index is 1.46. The van der Waals surface area contributed by atoms with Gasteiger partial charge in [0.1, 0.15) is 0 Å². The van der Waals surface area contributed by atoms with Crippen molar-refractivity contribution in [2.75, 3.05) is 45.9 Å². The highest BCUT2D eigenvalue weighted by atomic mass is 16.5. The van der Waals surface area contributed by atoms with Crippen LogP contribution in [0.4, 0.5) is 0 Å². The molecule has 2 saturated carbocycles. The summed E-state index contributed by atoms with van der Waals surface area (Å²) in [6.45, 7) is 14.6. The Hall–Kier alpha value is -0.160. The highest BCUT2D eigenvalue weighted by Crippen LogP contribution is 2.50. The minimum Gasteiger partial charge on any atom is -0.378 e. The number of hydrogen-bond donors (Lipinski definition) is 1. The summed E-state index contributed by atoms with van der Waals surface area (Å²) in [5.41, 5.74) is 6.74. The van der Waals surface area contributed by atoms with Crippen molar-refractivity contribution in [2.45, 2.75) is 51.7 Å². The van der Waals surface area contributed by atoms with Crippen molar-refractivity contribution < 1.29 is 4.74 Å². The molecule has 0 bridgehead atoms. The lowest BCUT2D eigenvalue weighted by atomic mass is 9.54. The zero-order valence-electron chi connectivity index (χ0n) is 14.1. The van der Waals surface area contributed by atoms with Crippen LogP contribution in [0.3, 0.4) is 0 Å². The van der Waals surface area contributed by atoms with Crippen LogP contribution < -0.4 is 5.73 Å². The molecule has 0 aromatic rings. The predicted octanol–water partition coefficient (Wildman–Crippen LogP) is 1.55. The van der Waals surface area contributed by atoms with Gasteiger partial charge >= 0.3 is 0 Å². The monoisotopic (exact) mass is 295 g/mol. The fraction of sp³-hybridized carbons (Fsp3) is 1.00. The van der Waals surface area contributed by atoms with Crippen molar-refractivity contribution in [1.29, 1.82) is 0 Å². The Morgan fingerprint density at radius 1 is 1.10 bits per heavy atom. The van der Waals surface area contributed by atoms with Crippen LogP contribution in [0.2, 0.25) is 0 Å². The summed E-state index contributed by atoms with van der Waals surface area (Å²) >= 11 is 0. The van der Waals surface area contributed by atoms with Crippen molar-refractivity contribution in [3.8, 4) is 0 Å². The molecule has 2 atom stereocenters. The summed E-state index contributed by atoms with van der Waals surface area (Å²) in [7, 11) is 0. The third-order valence-electron chi connectivity index (χ3n) is 6.19. The maximum Gasteiger partial charge on any atom is 0.0662 e. The third kappa shape index (κ3) is 3.14. The standard InChI is InChI=1S/C17H33N3O/c1-4-21-15-11-17(18,16(15,2)3)13-20-9-7-19(8-10-20)12-14-5-6-14/h14-15H,4-13,18H2,1-3H3. The fourth-order valence-electron chi connectivity index (χ4n) is 3.97. The molecule has 4 nitrogen and oxygen atoms in total. The summed E-state index contributed by atoms with van der Waals surface area (Å²) in [5, 5.41) is 0. The second-order valence-electron chi connectivity index (χ2n) is 8.05. The van der Waals surface area contributed by atoms with Gasteiger partial charge in [-0.1, -0.05) is 13.8 Å². The van der Waals surface area contributed by atoms with Crippen LogP contribution in [0.5, 0.6) is 0 Å². The van der Waals surface area contributed by atoms with Crippen LogP contribution in [0.15, 0.2) is 0 Å². The van der Waals surface area contributed by atoms with Gasteiger partial charge in [-0.05, 0) is 32.1 Å². The van der Waals surface area contributed by atoms with Crippen LogP contribution in [0.25, 0.3) is 0 Å². The quantitative estimate of drug-likeness (QED) is 0.807. The van der Waals surface area contributed by atoms with Crippen LogP contribution in [0.1, 0.15) is 40.0 Å². The van der Waals surface area contributed by atoms with Gasteiger partial charge in [0.2, 0.25) is 0 Å². The van der Waals surface area contributed by atoms with E-state index in [0.717, 1.165) is 25.5 Å². The molecule has 3 fully saturated rings. The molecule has 1 saturated heterocycles. The molecule has 3 aliphatic rings. The van der Waals surface area contributed by atoms with Gasteiger partial charge in [0.05, 0.1) is 6.10 Å². The molecular formula is C17H33N3O. The number of rotatable bonds is 6. The average molecular weight is 295 g/mol. The van der Waals surface area contributed by atoms with E-state index in [2.05, 4.69) is 30.6 Å². The third-order valence-corrected chi connectivity index (χ3v) is 6.19. The van der Waals surface area contributed by atoms with Crippen molar-refractivity contribution in [3.05, 3.63) is 0 Å². The van der Waals surface area contributed by atoms with Crippen LogP contribution in [-0.4, -0.2) is 67.3 Å². The largest absolute Gasteiger partial charge is 0.378 e. The summed E-state index contributed by atoms with van der Waals surface area (Å²) in [6.07, 6.45) is 4.26. The highest BCUT2D eigenvalue weighted by molar-refractivity contribution is 5.15. The Labute approximate surface area is 130 Å². The smallest absolute Gasteiger partial charge is 0.0662 e. The topological polar surface area (TPSA) is 41.7 Å². The van der Waals surface area contributed by atoms with E-state index in [4.69, 9.17) is 10.5 Å². The van der Waals surface area contributed by atoms with Gasteiger partial charge in [-0.3, -0.25) is 4.90 Å². The number of piperazine rings is 1. The maximum absolute atomic E-state index is 6.72. The van der Waals surface area contributed by atoms with Crippen molar-refractivity contribution in [2.24, 2.45) is 17.1 Å². The van der Waals surface area contributed by atoms with Gasteiger partial charge in [0, 0.05) is 56.8 Å². The molecule has 1 heterocycles. The number of hydrogen-bond acceptors (Lipinski definition) is 4. The Morgan fingerprint density at radius 3 is 2.24 bits per heavy atom. The first-order valence-electron chi connectivity index (χ1n) is 8.80. The first kappa shape index (κ1) is 15.7. The maximum atomic E-state index is 6.72. The van der Waals surface area contributed by atoms with E-state index in [1.54, 1.807) is 0 Å². The lowest BCUT2D eigenvalue weighted by molar-refractivity contribution is -0.157. The average Bonchev–Trinajstić information content (AvgIpc) is 3.25. The number of nitrogens with zero attached hydrogens (tertiary/aromatic N) is 2. The molecule has 2 unspecified atom stereocenters. The molecule has 4 heteroatoms. The van der Waals surface area contributed by atoms with Gasteiger partial charge < -0.3 is 15.4 Å². The minimum absolute atomic E-state index is 0.0779. The summed E-state index contributed by atoms with van der Waals surface area (Å²) in [6, 6.07) is 0. The lowest BCUT2D eigenvalue weighted by Gasteiger charge is -2.60. The normalized spacial score (nSPS) is 37.4. The molecule has 0 radical (unpaired) electrons. The molecule has 2 aliphatic carbocycles. The molecule has 2 N–H and O–H groups in total. The zero-order valence-corrected chi connectivity index (χ0v) is 14.1. The fourth-order valence-corrected chi connectivity index (χ4v) is 3.97. The van der Waals surface area contributed by atoms with E-state index in [1.807, 2.05) is 0 Å². The second-order valence-corrected chi connectivity index (χ2v) is 8.05. The SMILES string of the molecule is CCOC1CC(N)(CN2CCN(CC3CC3)CC2)C1(C)C. The minimum atomic E-state index is -0.0779. The summed E-state index contributed by atoms with van der Waals surface area (Å²) in [5.74, 6) is 1.01. The van der Waals surface area contributed by atoms with E-state index in [0.29, 0.717) is 6.10 Å². The first-order chi connectivity index (χ1) is 9.94. The molecule has 0 spiro atoms. The number of ether oxygens (including phenoxy) is 1. The zero-order chi connectivity index (χ0) is 15.1. The molecular weight excluding hydrogens is 262 g/mol. The number of nitrogens with two attached hydrogens (primary N) is 1. The summed E-state index contributed by atoms with van der Waals surface area (Å²) in [4.78, 5) is 5.22. The Kier molecular flexibility index (Phi) is 4.34. The molecule has 0 amide bonds. The van der Waals surface area contributed by atoms with Gasteiger partial charge in [0.15, 0.2) is 0 Å².